The molecule has 1 rings (SSSR count). The Bertz CT molecular complexity index is 1090. The highest BCUT2D eigenvalue weighted by molar-refractivity contribution is 5.76. The van der Waals surface area contributed by atoms with Crippen molar-refractivity contribution in [2.45, 2.75) is 320 Å². The molecule has 1 saturated heterocycles. The number of aliphatic hydroxyl groups is 5. The lowest BCUT2D eigenvalue weighted by molar-refractivity contribution is -0.302. The Kier molecular flexibility index (Phi) is 45.0. The normalized spacial score (nSPS) is 19.9. The lowest BCUT2D eigenvalue weighted by Gasteiger charge is -2.40. The first-order valence-corrected chi connectivity index (χ1v) is 28.6. The second-order valence-corrected chi connectivity index (χ2v) is 20.1. The van der Waals surface area contributed by atoms with E-state index in [9.17, 15) is 30.3 Å². The number of amides is 1. The van der Waals surface area contributed by atoms with Crippen LogP contribution < -0.4 is 5.32 Å². The molecule has 0 aliphatic carbocycles. The van der Waals surface area contributed by atoms with Gasteiger partial charge in [-0.1, -0.05) is 250 Å². The fraction of sp³-hybridized carbons (Fsp3) is 0.912. The Morgan fingerprint density at radius 1 is 0.500 bits per heavy atom. The third kappa shape index (κ3) is 36.6. The molecule has 1 aliphatic rings. The topological polar surface area (TPSA) is 149 Å². The summed E-state index contributed by atoms with van der Waals surface area (Å²) in [6, 6.07) is -0.807. The Balaban J connectivity index is 2.18. The molecule has 1 heterocycles. The highest BCUT2D eigenvalue weighted by Crippen LogP contribution is 2.23. The van der Waals surface area contributed by atoms with E-state index in [1.807, 2.05) is 6.08 Å². The van der Waals surface area contributed by atoms with Gasteiger partial charge in [-0.05, 0) is 44.9 Å². The van der Waals surface area contributed by atoms with Gasteiger partial charge >= 0.3 is 0 Å². The number of unbranched alkanes of at least 4 members (excludes halogenated alkanes) is 37. The highest BCUT2D eigenvalue weighted by atomic mass is 16.7. The first kappa shape index (κ1) is 62.7. The zero-order valence-electron chi connectivity index (χ0n) is 43.2. The number of allylic oxidation sites excluding steroid dienone is 3. The minimum absolute atomic E-state index is 0.183. The summed E-state index contributed by atoms with van der Waals surface area (Å²) in [5, 5.41) is 54.4. The van der Waals surface area contributed by atoms with E-state index < -0.39 is 49.5 Å². The zero-order chi connectivity index (χ0) is 48.0. The van der Waals surface area contributed by atoms with Crippen LogP contribution in [0.1, 0.15) is 277 Å². The van der Waals surface area contributed by atoms with Crippen LogP contribution in [0.5, 0.6) is 0 Å². The first-order valence-electron chi connectivity index (χ1n) is 28.6. The van der Waals surface area contributed by atoms with Gasteiger partial charge in [-0.3, -0.25) is 4.79 Å². The molecule has 1 amide bonds. The molecule has 0 saturated carbocycles. The maximum Gasteiger partial charge on any atom is 0.220 e. The van der Waals surface area contributed by atoms with Crippen molar-refractivity contribution < 1.29 is 39.8 Å². The second kappa shape index (κ2) is 47.4. The highest BCUT2D eigenvalue weighted by Gasteiger charge is 2.44. The summed E-state index contributed by atoms with van der Waals surface area (Å²) in [6.07, 6.45) is 52.5. The summed E-state index contributed by atoms with van der Waals surface area (Å²) in [6.45, 7) is 3.79. The fourth-order valence-corrected chi connectivity index (χ4v) is 9.21. The monoisotopic (exact) mass is 936 g/mol. The summed E-state index contributed by atoms with van der Waals surface area (Å²) in [7, 11) is 0. The predicted molar refractivity (Wildman–Crippen MR) is 277 cm³/mol. The second-order valence-electron chi connectivity index (χ2n) is 20.1. The van der Waals surface area contributed by atoms with Gasteiger partial charge in [0, 0.05) is 6.42 Å². The van der Waals surface area contributed by atoms with Gasteiger partial charge in [0.2, 0.25) is 5.91 Å². The number of hydrogen-bond donors (Lipinski definition) is 6. The van der Waals surface area contributed by atoms with Crippen molar-refractivity contribution in [2.24, 2.45) is 0 Å². The number of rotatable bonds is 49. The fourth-order valence-electron chi connectivity index (χ4n) is 9.21. The van der Waals surface area contributed by atoms with Gasteiger partial charge in [0.05, 0.1) is 25.4 Å². The molecule has 0 radical (unpaired) electrons. The smallest absolute Gasteiger partial charge is 0.220 e. The molecule has 0 aromatic carbocycles. The van der Waals surface area contributed by atoms with Crippen molar-refractivity contribution >= 4 is 5.91 Å². The van der Waals surface area contributed by atoms with E-state index in [4.69, 9.17) is 9.47 Å². The maximum absolute atomic E-state index is 13.0. The SMILES string of the molecule is CCCCCCC/C=C\CCCCCCCC(=O)NC(COC1OC(CO)C(O)C(O)C1O)C(O)/C=C/CCCCCCCCCCCCCCCCCCCCCCCCCCCCC. The average Bonchev–Trinajstić information content (AvgIpc) is 3.32. The van der Waals surface area contributed by atoms with Gasteiger partial charge in [0.15, 0.2) is 6.29 Å². The molecule has 66 heavy (non-hydrogen) atoms. The number of hydrogen-bond acceptors (Lipinski definition) is 8. The lowest BCUT2D eigenvalue weighted by atomic mass is 9.99. The van der Waals surface area contributed by atoms with Gasteiger partial charge in [0.25, 0.3) is 0 Å². The van der Waals surface area contributed by atoms with Crippen molar-refractivity contribution in [1.82, 2.24) is 5.32 Å². The molecule has 7 unspecified atom stereocenters. The summed E-state index contributed by atoms with van der Waals surface area (Å²) in [5.74, 6) is -0.183. The molecular weight excluding hydrogens is 827 g/mol. The Morgan fingerprint density at radius 2 is 0.848 bits per heavy atom. The quantitative estimate of drug-likeness (QED) is 0.0261. The van der Waals surface area contributed by atoms with Crippen LogP contribution in [0.3, 0.4) is 0 Å². The number of nitrogens with one attached hydrogen (secondary N) is 1. The number of carbonyl (C=O) groups is 1. The summed E-state index contributed by atoms with van der Waals surface area (Å²) in [4.78, 5) is 13.0. The molecule has 1 aliphatic heterocycles. The van der Waals surface area contributed by atoms with E-state index >= 15 is 0 Å². The van der Waals surface area contributed by atoms with E-state index in [0.29, 0.717) is 6.42 Å². The number of carbonyl (C=O) groups excluding carboxylic acids is 1. The minimum atomic E-state index is -1.57. The molecule has 9 nitrogen and oxygen atoms in total. The lowest BCUT2D eigenvalue weighted by Crippen LogP contribution is -2.60. The number of ether oxygens (including phenoxy) is 2. The summed E-state index contributed by atoms with van der Waals surface area (Å²) in [5.41, 5.74) is 0. The minimum Gasteiger partial charge on any atom is -0.394 e. The van der Waals surface area contributed by atoms with Crippen LogP contribution in [0.2, 0.25) is 0 Å². The molecule has 9 heteroatoms. The maximum atomic E-state index is 13.0. The van der Waals surface area contributed by atoms with Crippen LogP contribution in [0.25, 0.3) is 0 Å². The summed E-state index contributed by atoms with van der Waals surface area (Å²) < 4.78 is 11.3. The van der Waals surface area contributed by atoms with Crippen molar-refractivity contribution in [1.29, 1.82) is 0 Å². The van der Waals surface area contributed by atoms with Gasteiger partial charge in [0.1, 0.15) is 24.4 Å². The zero-order valence-corrected chi connectivity index (χ0v) is 43.2. The van der Waals surface area contributed by atoms with Crippen LogP contribution in [-0.2, 0) is 14.3 Å². The molecule has 6 N–H and O–H groups in total. The third-order valence-electron chi connectivity index (χ3n) is 13.8. The van der Waals surface area contributed by atoms with Gasteiger partial charge in [-0.15, -0.1) is 0 Å². The molecular formula is C57H109NO8. The van der Waals surface area contributed by atoms with Crippen LogP contribution in [0, 0.1) is 0 Å². The van der Waals surface area contributed by atoms with Crippen molar-refractivity contribution in [3.8, 4) is 0 Å². The molecule has 0 aromatic rings. The Morgan fingerprint density at radius 3 is 1.23 bits per heavy atom. The van der Waals surface area contributed by atoms with Crippen LogP contribution in [0.4, 0.5) is 0 Å². The molecule has 1 fully saturated rings. The first-order chi connectivity index (χ1) is 32.3. The van der Waals surface area contributed by atoms with Gasteiger partial charge in [-0.25, -0.2) is 0 Å². The van der Waals surface area contributed by atoms with Gasteiger partial charge < -0.3 is 40.3 Å². The van der Waals surface area contributed by atoms with Crippen LogP contribution in [-0.4, -0.2) is 87.5 Å². The van der Waals surface area contributed by atoms with Crippen molar-refractivity contribution in [3.05, 3.63) is 24.3 Å². The van der Waals surface area contributed by atoms with E-state index in [2.05, 4.69) is 31.3 Å². The number of aliphatic hydroxyl groups excluding tert-OH is 5. The molecule has 7 atom stereocenters. The van der Waals surface area contributed by atoms with Crippen molar-refractivity contribution in [3.63, 3.8) is 0 Å². The molecule has 0 bridgehead atoms. The molecule has 390 valence electrons. The largest absolute Gasteiger partial charge is 0.394 e. The Labute approximate surface area is 407 Å². The average molecular weight is 936 g/mol. The van der Waals surface area contributed by atoms with Crippen LogP contribution >= 0.6 is 0 Å². The predicted octanol–water partition coefficient (Wildman–Crippen LogP) is 13.8. The van der Waals surface area contributed by atoms with E-state index in [1.165, 1.54) is 199 Å². The molecule has 0 aromatic heterocycles. The Hall–Kier alpha value is -1.33. The standard InChI is InChI=1S/C57H109NO8/c1-3-5-7-9-11-13-15-17-19-20-21-22-23-24-25-26-27-28-29-30-31-32-33-34-36-38-40-42-44-46-51(60)50(49-65-57-56(64)55(63)54(62)52(48-59)66-57)58-53(61)47-45-43-41-39-37-35-18-16-14-12-10-8-6-4-2/h16,18,44,46,50-52,54-57,59-60,62-64H,3-15,17,19-43,45,47-49H2,1-2H3,(H,58,61)/b18-16-,46-44+. The van der Waals surface area contributed by atoms with E-state index in [0.717, 1.165) is 57.8 Å². The van der Waals surface area contributed by atoms with Crippen molar-refractivity contribution in [2.75, 3.05) is 13.2 Å². The van der Waals surface area contributed by atoms with E-state index in [-0.39, 0.29) is 12.5 Å². The van der Waals surface area contributed by atoms with Gasteiger partial charge in [-0.2, -0.15) is 0 Å². The molecule has 0 spiro atoms. The summed E-state index contributed by atoms with van der Waals surface area (Å²) >= 11 is 0. The third-order valence-corrected chi connectivity index (χ3v) is 13.8. The van der Waals surface area contributed by atoms with E-state index in [1.54, 1.807) is 6.08 Å². The van der Waals surface area contributed by atoms with Crippen LogP contribution in [0.15, 0.2) is 24.3 Å².